The number of benzene rings is 2. The van der Waals surface area contributed by atoms with E-state index in [-0.39, 0.29) is 0 Å². The fourth-order valence-electron chi connectivity index (χ4n) is 2.52. The first kappa shape index (κ1) is 18.4. The average molecular weight is 388 g/mol. The number of hydrogen-bond donors (Lipinski definition) is 2. The number of rotatable bonds is 7. The highest BCUT2D eigenvalue weighted by Crippen LogP contribution is 2.21. The van der Waals surface area contributed by atoms with E-state index < -0.39 is 0 Å². The quantitative estimate of drug-likeness (QED) is 0.612. The molecular formula is C19H19Cl2N5. The van der Waals surface area contributed by atoms with Gasteiger partial charge < -0.3 is 10.6 Å². The van der Waals surface area contributed by atoms with Gasteiger partial charge in [-0.05, 0) is 36.6 Å². The third kappa shape index (κ3) is 5.31. The molecule has 0 aliphatic carbocycles. The standard InChI is InChI=1S/C19H19Cl2N5/c1-13-3-2-4-14(9-13)11-23-19-25-18(12-24-26-19)22-8-7-15-5-6-16(20)10-17(15)21/h2-6,9-10,12H,7-8,11H2,1H3,(H2,22,23,25,26). The van der Waals surface area contributed by atoms with Crippen molar-refractivity contribution in [2.75, 3.05) is 17.2 Å². The van der Waals surface area contributed by atoms with Crippen molar-refractivity contribution in [2.45, 2.75) is 19.9 Å². The van der Waals surface area contributed by atoms with Gasteiger partial charge >= 0.3 is 0 Å². The van der Waals surface area contributed by atoms with Crippen molar-refractivity contribution in [2.24, 2.45) is 0 Å². The maximum absolute atomic E-state index is 6.19. The van der Waals surface area contributed by atoms with Crippen LogP contribution >= 0.6 is 23.2 Å². The largest absolute Gasteiger partial charge is 0.368 e. The monoisotopic (exact) mass is 387 g/mol. The van der Waals surface area contributed by atoms with Gasteiger partial charge in [0.1, 0.15) is 0 Å². The summed E-state index contributed by atoms with van der Waals surface area (Å²) < 4.78 is 0. The highest BCUT2D eigenvalue weighted by molar-refractivity contribution is 6.35. The maximum Gasteiger partial charge on any atom is 0.244 e. The summed E-state index contributed by atoms with van der Waals surface area (Å²) in [5.41, 5.74) is 3.42. The summed E-state index contributed by atoms with van der Waals surface area (Å²) in [7, 11) is 0. The third-order valence-electron chi connectivity index (χ3n) is 3.81. The topological polar surface area (TPSA) is 62.7 Å². The molecule has 0 aliphatic rings. The minimum atomic E-state index is 0.487. The molecule has 0 bridgehead atoms. The number of nitrogens with one attached hydrogen (secondary N) is 2. The van der Waals surface area contributed by atoms with Crippen molar-refractivity contribution in [3.05, 3.63) is 75.4 Å². The van der Waals surface area contributed by atoms with Gasteiger partial charge in [-0.2, -0.15) is 10.1 Å². The van der Waals surface area contributed by atoms with E-state index in [9.17, 15) is 0 Å². The van der Waals surface area contributed by atoms with Gasteiger partial charge in [-0.25, -0.2) is 0 Å². The third-order valence-corrected chi connectivity index (χ3v) is 4.39. The second-order valence-electron chi connectivity index (χ2n) is 5.92. The molecule has 0 spiro atoms. The lowest BCUT2D eigenvalue weighted by molar-refractivity contribution is 0.928. The molecule has 3 aromatic rings. The Hall–Kier alpha value is -2.37. The minimum absolute atomic E-state index is 0.487. The molecule has 0 radical (unpaired) electrons. The molecule has 1 aromatic heterocycles. The molecule has 0 amide bonds. The van der Waals surface area contributed by atoms with E-state index in [4.69, 9.17) is 23.2 Å². The molecule has 3 rings (SSSR count). The van der Waals surface area contributed by atoms with Crippen LogP contribution in [-0.4, -0.2) is 21.7 Å². The highest BCUT2D eigenvalue weighted by atomic mass is 35.5. The molecular weight excluding hydrogens is 369 g/mol. The predicted octanol–water partition coefficient (Wildman–Crippen LogP) is 4.75. The van der Waals surface area contributed by atoms with Crippen LogP contribution in [0.4, 0.5) is 11.8 Å². The minimum Gasteiger partial charge on any atom is -0.368 e. The first-order valence-corrected chi connectivity index (χ1v) is 9.03. The van der Waals surface area contributed by atoms with Gasteiger partial charge in [-0.15, -0.1) is 5.10 Å². The fraction of sp³-hybridized carbons (Fsp3) is 0.211. The molecule has 0 atom stereocenters. The summed E-state index contributed by atoms with van der Waals surface area (Å²) >= 11 is 12.1. The lowest BCUT2D eigenvalue weighted by Crippen LogP contribution is -2.10. The van der Waals surface area contributed by atoms with Crippen LogP contribution in [-0.2, 0) is 13.0 Å². The Balaban J connectivity index is 1.53. The molecule has 26 heavy (non-hydrogen) atoms. The summed E-state index contributed by atoms with van der Waals surface area (Å²) in [6.45, 7) is 3.39. The number of nitrogens with zero attached hydrogens (tertiary/aromatic N) is 3. The van der Waals surface area contributed by atoms with E-state index in [0.29, 0.717) is 34.9 Å². The second kappa shape index (κ2) is 8.83. The number of anilines is 2. The fourth-order valence-corrected chi connectivity index (χ4v) is 3.02. The second-order valence-corrected chi connectivity index (χ2v) is 6.76. The molecule has 5 nitrogen and oxygen atoms in total. The van der Waals surface area contributed by atoms with E-state index in [1.807, 2.05) is 18.2 Å². The predicted molar refractivity (Wildman–Crippen MR) is 107 cm³/mol. The van der Waals surface area contributed by atoms with E-state index >= 15 is 0 Å². The lowest BCUT2D eigenvalue weighted by atomic mass is 10.1. The highest BCUT2D eigenvalue weighted by Gasteiger charge is 2.03. The van der Waals surface area contributed by atoms with Crippen LogP contribution in [0.15, 0.2) is 48.7 Å². The van der Waals surface area contributed by atoms with Gasteiger partial charge in [-0.3, -0.25) is 0 Å². The lowest BCUT2D eigenvalue weighted by Gasteiger charge is -2.09. The molecule has 1 heterocycles. The van der Waals surface area contributed by atoms with Crippen molar-refractivity contribution >= 4 is 35.0 Å². The van der Waals surface area contributed by atoms with Crippen LogP contribution < -0.4 is 10.6 Å². The summed E-state index contributed by atoms with van der Waals surface area (Å²) in [6, 6.07) is 13.8. The van der Waals surface area contributed by atoms with Gasteiger partial charge in [0, 0.05) is 23.1 Å². The average Bonchev–Trinajstić information content (AvgIpc) is 2.62. The van der Waals surface area contributed by atoms with Crippen molar-refractivity contribution in [3.63, 3.8) is 0 Å². The van der Waals surface area contributed by atoms with Crippen LogP contribution in [0.2, 0.25) is 10.0 Å². The van der Waals surface area contributed by atoms with Crippen LogP contribution in [0, 0.1) is 6.92 Å². The van der Waals surface area contributed by atoms with Gasteiger partial charge in [0.2, 0.25) is 5.95 Å². The van der Waals surface area contributed by atoms with Gasteiger partial charge in [0.05, 0.1) is 6.20 Å². The first-order valence-electron chi connectivity index (χ1n) is 8.27. The number of aryl methyl sites for hydroxylation is 1. The van der Waals surface area contributed by atoms with Gasteiger partial charge in [0.25, 0.3) is 0 Å². The van der Waals surface area contributed by atoms with Crippen LogP contribution in [0.3, 0.4) is 0 Å². The Morgan fingerprint density at radius 1 is 1.04 bits per heavy atom. The van der Waals surface area contributed by atoms with Gasteiger partial charge in [0.15, 0.2) is 5.82 Å². The van der Waals surface area contributed by atoms with E-state index in [1.165, 1.54) is 11.1 Å². The first-order chi connectivity index (χ1) is 12.6. The Bertz CT molecular complexity index is 885. The molecule has 7 heteroatoms. The molecule has 2 N–H and O–H groups in total. The van der Waals surface area contributed by atoms with E-state index in [0.717, 1.165) is 12.0 Å². The zero-order valence-corrected chi connectivity index (χ0v) is 15.8. The van der Waals surface area contributed by atoms with Gasteiger partial charge in [-0.1, -0.05) is 59.1 Å². The molecule has 0 saturated heterocycles. The SMILES string of the molecule is Cc1cccc(CNc2nncc(NCCc3ccc(Cl)cc3Cl)n2)c1. The Labute approximate surface area is 162 Å². The molecule has 2 aromatic carbocycles. The van der Waals surface area contributed by atoms with Crippen molar-refractivity contribution < 1.29 is 0 Å². The summed E-state index contributed by atoms with van der Waals surface area (Å²) in [4.78, 5) is 4.43. The van der Waals surface area contributed by atoms with Crippen LogP contribution in [0.25, 0.3) is 0 Å². The number of halogens is 2. The molecule has 0 fully saturated rings. The Morgan fingerprint density at radius 3 is 2.73 bits per heavy atom. The van der Waals surface area contributed by atoms with Crippen molar-refractivity contribution in [1.82, 2.24) is 15.2 Å². The maximum atomic E-state index is 6.19. The zero-order valence-electron chi connectivity index (χ0n) is 14.3. The van der Waals surface area contributed by atoms with Crippen LogP contribution in [0.5, 0.6) is 0 Å². The Morgan fingerprint density at radius 2 is 1.92 bits per heavy atom. The molecule has 0 aliphatic heterocycles. The zero-order chi connectivity index (χ0) is 18.4. The van der Waals surface area contributed by atoms with E-state index in [2.05, 4.69) is 50.9 Å². The van der Waals surface area contributed by atoms with Crippen LogP contribution in [0.1, 0.15) is 16.7 Å². The van der Waals surface area contributed by atoms with E-state index in [1.54, 1.807) is 12.3 Å². The summed E-state index contributed by atoms with van der Waals surface area (Å²) in [6.07, 6.45) is 2.35. The summed E-state index contributed by atoms with van der Waals surface area (Å²) in [5.74, 6) is 1.15. The molecule has 0 unspecified atom stereocenters. The van der Waals surface area contributed by atoms with Crippen molar-refractivity contribution in [3.8, 4) is 0 Å². The molecule has 134 valence electrons. The molecule has 0 saturated carbocycles. The van der Waals surface area contributed by atoms with Crippen molar-refractivity contribution in [1.29, 1.82) is 0 Å². The summed E-state index contributed by atoms with van der Waals surface area (Å²) in [5, 5.41) is 15.7. The smallest absolute Gasteiger partial charge is 0.244 e. The number of hydrogen-bond acceptors (Lipinski definition) is 5. The normalized spacial score (nSPS) is 10.6. The Kier molecular flexibility index (Phi) is 6.26. The number of aromatic nitrogens is 3.